The maximum absolute atomic E-state index is 13.5. The van der Waals surface area contributed by atoms with Gasteiger partial charge >= 0.3 is 0 Å². The minimum atomic E-state index is -0.399. The Bertz CT molecular complexity index is 349. The van der Waals surface area contributed by atoms with Crippen molar-refractivity contribution >= 4 is 5.82 Å². The Balaban J connectivity index is 3.01. The summed E-state index contributed by atoms with van der Waals surface area (Å²) in [7, 11) is 0. The van der Waals surface area contributed by atoms with E-state index in [-0.39, 0.29) is 11.9 Å². The number of aryl methyl sites for hydroxylation is 2. The number of anilines is 1. The third kappa shape index (κ3) is 2.28. The van der Waals surface area contributed by atoms with E-state index >= 15 is 0 Å². The average molecular weight is 195 g/mol. The Morgan fingerprint density at radius 3 is 2.64 bits per heavy atom. The van der Waals surface area contributed by atoms with Crippen molar-refractivity contribution in [3.63, 3.8) is 0 Å². The average Bonchev–Trinajstić information content (AvgIpc) is 2.13. The van der Waals surface area contributed by atoms with E-state index in [0.29, 0.717) is 11.5 Å². The largest absolute Gasteiger partial charge is 0.362 e. The zero-order valence-corrected chi connectivity index (χ0v) is 8.63. The van der Waals surface area contributed by atoms with Crippen LogP contribution in [0.5, 0.6) is 0 Å². The van der Waals surface area contributed by atoms with Gasteiger partial charge in [-0.1, -0.05) is 6.08 Å². The predicted molar refractivity (Wildman–Crippen MR) is 54.7 cm³/mol. The van der Waals surface area contributed by atoms with E-state index in [9.17, 15) is 4.39 Å². The van der Waals surface area contributed by atoms with Gasteiger partial charge in [-0.15, -0.1) is 6.58 Å². The number of hydrogen-bond acceptors (Lipinski definition) is 3. The molecule has 76 valence electrons. The van der Waals surface area contributed by atoms with E-state index in [2.05, 4.69) is 21.9 Å². The van der Waals surface area contributed by atoms with Crippen LogP contribution in [0.25, 0.3) is 0 Å². The van der Waals surface area contributed by atoms with Crippen molar-refractivity contribution in [3.05, 3.63) is 30.0 Å². The van der Waals surface area contributed by atoms with Crippen molar-refractivity contribution < 1.29 is 4.39 Å². The molecule has 1 atom stereocenters. The number of nitrogens with zero attached hydrogens (tertiary/aromatic N) is 2. The molecule has 0 amide bonds. The molecular formula is C10H14FN3. The molecule has 3 nitrogen and oxygen atoms in total. The van der Waals surface area contributed by atoms with Gasteiger partial charge in [0.1, 0.15) is 5.82 Å². The van der Waals surface area contributed by atoms with Gasteiger partial charge in [-0.25, -0.2) is 14.4 Å². The molecule has 0 saturated carbocycles. The second-order valence-corrected chi connectivity index (χ2v) is 3.19. The van der Waals surface area contributed by atoms with E-state index in [1.54, 1.807) is 19.9 Å². The normalized spacial score (nSPS) is 12.3. The molecule has 0 aromatic carbocycles. The van der Waals surface area contributed by atoms with Gasteiger partial charge in [-0.3, -0.25) is 0 Å². The van der Waals surface area contributed by atoms with Gasteiger partial charge in [0.05, 0.1) is 5.69 Å². The minimum Gasteiger partial charge on any atom is -0.362 e. The summed E-state index contributed by atoms with van der Waals surface area (Å²) in [6.45, 7) is 8.83. The second-order valence-electron chi connectivity index (χ2n) is 3.19. The molecule has 14 heavy (non-hydrogen) atoms. The van der Waals surface area contributed by atoms with Gasteiger partial charge in [0.25, 0.3) is 0 Å². The quantitative estimate of drug-likeness (QED) is 0.751. The van der Waals surface area contributed by atoms with Crippen molar-refractivity contribution in [3.8, 4) is 0 Å². The Labute approximate surface area is 83.1 Å². The summed E-state index contributed by atoms with van der Waals surface area (Å²) < 4.78 is 13.5. The van der Waals surface area contributed by atoms with Crippen molar-refractivity contribution in [2.75, 3.05) is 5.32 Å². The van der Waals surface area contributed by atoms with E-state index in [0.717, 1.165) is 0 Å². The molecule has 4 heteroatoms. The number of nitrogens with one attached hydrogen (secondary N) is 1. The number of hydrogen-bond donors (Lipinski definition) is 1. The van der Waals surface area contributed by atoms with Crippen LogP contribution < -0.4 is 5.32 Å². The van der Waals surface area contributed by atoms with E-state index in [1.165, 1.54) is 0 Å². The van der Waals surface area contributed by atoms with Crippen LogP contribution in [0, 0.1) is 19.7 Å². The first-order chi connectivity index (χ1) is 6.54. The number of halogens is 1. The number of rotatable bonds is 3. The minimum absolute atomic E-state index is 0.0156. The smallest absolute Gasteiger partial charge is 0.186 e. The highest BCUT2D eigenvalue weighted by atomic mass is 19.1. The lowest BCUT2D eigenvalue weighted by atomic mass is 10.3. The molecule has 1 heterocycles. The highest BCUT2D eigenvalue weighted by molar-refractivity contribution is 5.39. The van der Waals surface area contributed by atoms with Gasteiger partial charge in [-0.2, -0.15) is 0 Å². The zero-order valence-electron chi connectivity index (χ0n) is 8.63. The molecule has 0 aliphatic heterocycles. The molecular weight excluding hydrogens is 181 g/mol. The molecule has 1 N–H and O–H groups in total. The van der Waals surface area contributed by atoms with Crippen molar-refractivity contribution in [1.29, 1.82) is 0 Å². The Morgan fingerprint density at radius 2 is 2.07 bits per heavy atom. The van der Waals surface area contributed by atoms with E-state index < -0.39 is 5.82 Å². The van der Waals surface area contributed by atoms with Crippen LogP contribution in [0.4, 0.5) is 10.2 Å². The van der Waals surface area contributed by atoms with Crippen LogP contribution >= 0.6 is 0 Å². The fourth-order valence-electron chi connectivity index (χ4n) is 1.07. The van der Waals surface area contributed by atoms with Crippen LogP contribution in [-0.4, -0.2) is 16.0 Å². The molecule has 1 unspecified atom stereocenters. The molecule has 1 aromatic rings. The summed E-state index contributed by atoms with van der Waals surface area (Å²) in [5.74, 6) is 0.398. The van der Waals surface area contributed by atoms with Crippen LogP contribution in [0.2, 0.25) is 0 Å². The summed E-state index contributed by atoms with van der Waals surface area (Å²) in [5, 5.41) is 2.90. The van der Waals surface area contributed by atoms with Crippen molar-refractivity contribution in [2.24, 2.45) is 0 Å². The standard InChI is InChI=1S/C10H14FN3/c1-5-6(2)12-10-9(11)7(3)13-8(4)14-10/h5-6H,1H2,2-4H3,(H,12,13,14). The maximum atomic E-state index is 13.5. The summed E-state index contributed by atoms with van der Waals surface area (Å²) in [5.41, 5.74) is 0.358. The fourth-order valence-corrected chi connectivity index (χ4v) is 1.07. The van der Waals surface area contributed by atoms with Gasteiger partial charge in [-0.05, 0) is 20.8 Å². The van der Waals surface area contributed by atoms with Crippen molar-refractivity contribution in [2.45, 2.75) is 26.8 Å². The SMILES string of the molecule is C=CC(C)Nc1nc(C)nc(C)c1F. The molecule has 0 bridgehead atoms. The van der Waals surface area contributed by atoms with Gasteiger partial charge < -0.3 is 5.32 Å². The highest BCUT2D eigenvalue weighted by Gasteiger charge is 2.10. The van der Waals surface area contributed by atoms with Crippen LogP contribution in [0.3, 0.4) is 0 Å². The maximum Gasteiger partial charge on any atom is 0.186 e. The first-order valence-electron chi connectivity index (χ1n) is 4.44. The Kier molecular flexibility index (Phi) is 3.17. The monoisotopic (exact) mass is 195 g/mol. The molecule has 1 rings (SSSR count). The fraction of sp³-hybridized carbons (Fsp3) is 0.400. The van der Waals surface area contributed by atoms with Crippen molar-refractivity contribution in [1.82, 2.24) is 9.97 Å². The number of aromatic nitrogens is 2. The summed E-state index contributed by atoms with van der Waals surface area (Å²) in [4.78, 5) is 7.89. The van der Waals surface area contributed by atoms with Gasteiger partial charge in [0.15, 0.2) is 11.6 Å². The molecule has 0 spiro atoms. The predicted octanol–water partition coefficient (Wildman–Crippen LogP) is 2.22. The summed E-state index contributed by atoms with van der Waals surface area (Å²) >= 11 is 0. The van der Waals surface area contributed by atoms with Crippen LogP contribution in [0.15, 0.2) is 12.7 Å². The topological polar surface area (TPSA) is 37.8 Å². The zero-order chi connectivity index (χ0) is 10.7. The molecule has 0 saturated heterocycles. The lowest BCUT2D eigenvalue weighted by Crippen LogP contribution is -2.15. The van der Waals surface area contributed by atoms with Gasteiger partial charge in [0, 0.05) is 6.04 Å². The third-order valence-electron chi connectivity index (χ3n) is 1.85. The molecule has 0 fully saturated rings. The van der Waals surface area contributed by atoms with E-state index in [4.69, 9.17) is 0 Å². The van der Waals surface area contributed by atoms with Crippen LogP contribution in [0.1, 0.15) is 18.4 Å². The second kappa shape index (κ2) is 4.17. The summed E-state index contributed by atoms with van der Waals surface area (Å²) in [6, 6.07) is -0.0156. The molecule has 1 aromatic heterocycles. The third-order valence-corrected chi connectivity index (χ3v) is 1.85. The lowest BCUT2D eigenvalue weighted by molar-refractivity contribution is 0.601. The van der Waals surface area contributed by atoms with Crippen LogP contribution in [-0.2, 0) is 0 Å². The molecule has 0 radical (unpaired) electrons. The van der Waals surface area contributed by atoms with E-state index in [1.807, 2.05) is 6.92 Å². The highest BCUT2D eigenvalue weighted by Crippen LogP contribution is 2.14. The van der Waals surface area contributed by atoms with Gasteiger partial charge in [0.2, 0.25) is 0 Å². The molecule has 0 aliphatic carbocycles. The lowest BCUT2D eigenvalue weighted by Gasteiger charge is -2.11. The first kappa shape index (κ1) is 10.6. The molecule has 0 aliphatic rings. The summed E-state index contributed by atoms with van der Waals surface area (Å²) in [6.07, 6.45) is 1.69. The Hall–Kier alpha value is -1.45. The Morgan fingerprint density at radius 1 is 1.43 bits per heavy atom. The first-order valence-corrected chi connectivity index (χ1v) is 4.44.